The molecule has 3 nitrogen and oxygen atoms in total. The third-order valence-electron chi connectivity index (χ3n) is 4.64. The second kappa shape index (κ2) is 4.96. The molecule has 1 aromatic rings. The van der Waals surface area contributed by atoms with Gasteiger partial charge in [-0.05, 0) is 50.6 Å². The van der Waals surface area contributed by atoms with E-state index in [0.29, 0.717) is 5.92 Å². The minimum Gasteiger partial charge on any atom is -0.311 e. The summed E-state index contributed by atoms with van der Waals surface area (Å²) in [5.74, 6) is 2.62. The van der Waals surface area contributed by atoms with Gasteiger partial charge in [-0.2, -0.15) is 0 Å². The van der Waals surface area contributed by atoms with Gasteiger partial charge in [-0.15, -0.1) is 0 Å². The summed E-state index contributed by atoms with van der Waals surface area (Å²) < 4.78 is 0. The van der Waals surface area contributed by atoms with E-state index in [9.17, 15) is 0 Å². The second-order valence-corrected chi connectivity index (χ2v) is 5.80. The van der Waals surface area contributed by atoms with Gasteiger partial charge in [-0.25, -0.2) is 9.97 Å². The van der Waals surface area contributed by atoms with E-state index in [4.69, 9.17) is 9.97 Å². The van der Waals surface area contributed by atoms with Crippen LogP contribution in [0.2, 0.25) is 0 Å². The topological polar surface area (TPSA) is 37.8 Å². The SMILES string of the molecule is CCC1CCC(c2nc(C)c3c(n2)CNCC3)C1. The summed E-state index contributed by atoms with van der Waals surface area (Å²) in [6.07, 6.45) is 6.33. The third kappa shape index (κ3) is 2.16. The highest BCUT2D eigenvalue weighted by Gasteiger charge is 2.28. The van der Waals surface area contributed by atoms with Gasteiger partial charge in [0.05, 0.1) is 5.69 Å². The Balaban J connectivity index is 1.87. The van der Waals surface area contributed by atoms with Crippen LogP contribution in [0.3, 0.4) is 0 Å². The molecular formula is C15H23N3. The van der Waals surface area contributed by atoms with Gasteiger partial charge in [0.1, 0.15) is 5.82 Å². The number of rotatable bonds is 2. The Hall–Kier alpha value is -0.960. The van der Waals surface area contributed by atoms with E-state index in [1.165, 1.54) is 42.6 Å². The Morgan fingerprint density at radius 3 is 2.94 bits per heavy atom. The lowest BCUT2D eigenvalue weighted by Gasteiger charge is -2.20. The maximum absolute atomic E-state index is 4.85. The molecule has 0 amide bonds. The molecule has 98 valence electrons. The molecule has 1 aliphatic carbocycles. The summed E-state index contributed by atoms with van der Waals surface area (Å²) in [6.45, 7) is 6.45. The van der Waals surface area contributed by atoms with E-state index < -0.39 is 0 Å². The summed E-state index contributed by atoms with van der Waals surface area (Å²) in [5, 5.41) is 3.42. The second-order valence-electron chi connectivity index (χ2n) is 5.80. The first-order valence-corrected chi connectivity index (χ1v) is 7.35. The monoisotopic (exact) mass is 245 g/mol. The molecule has 0 saturated heterocycles. The number of aromatic nitrogens is 2. The molecular weight excluding hydrogens is 222 g/mol. The van der Waals surface area contributed by atoms with Crippen LogP contribution in [0, 0.1) is 12.8 Å². The number of hydrogen-bond donors (Lipinski definition) is 1. The molecule has 1 aromatic heterocycles. The molecule has 1 N–H and O–H groups in total. The molecule has 1 aliphatic heterocycles. The zero-order valence-corrected chi connectivity index (χ0v) is 11.5. The predicted molar refractivity (Wildman–Crippen MR) is 72.6 cm³/mol. The van der Waals surface area contributed by atoms with E-state index >= 15 is 0 Å². The fraction of sp³-hybridized carbons (Fsp3) is 0.733. The maximum atomic E-state index is 4.85. The van der Waals surface area contributed by atoms with Gasteiger partial charge < -0.3 is 5.32 Å². The fourth-order valence-electron chi connectivity index (χ4n) is 3.43. The highest BCUT2D eigenvalue weighted by atomic mass is 15.0. The van der Waals surface area contributed by atoms with Gasteiger partial charge in [-0.3, -0.25) is 0 Å². The van der Waals surface area contributed by atoms with Crippen molar-refractivity contribution in [3.05, 3.63) is 22.8 Å². The van der Waals surface area contributed by atoms with Gasteiger partial charge in [0.25, 0.3) is 0 Å². The van der Waals surface area contributed by atoms with Crippen LogP contribution < -0.4 is 5.32 Å². The molecule has 0 spiro atoms. The van der Waals surface area contributed by atoms with E-state index in [1.807, 2.05) is 0 Å². The Morgan fingerprint density at radius 2 is 2.17 bits per heavy atom. The third-order valence-corrected chi connectivity index (χ3v) is 4.64. The van der Waals surface area contributed by atoms with Crippen molar-refractivity contribution in [2.24, 2.45) is 5.92 Å². The summed E-state index contributed by atoms with van der Waals surface area (Å²) in [4.78, 5) is 9.65. The molecule has 3 rings (SSSR count). The van der Waals surface area contributed by atoms with Crippen molar-refractivity contribution in [3.8, 4) is 0 Å². The minimum absolute atomic E-state index is 0.612. The lowest BCUT2D eigenvalue weighted by atomic mass is 10.0. The molecule has 3 heteroatoms. The molecule has 18 heavy (non-hydrogen) atoms. The van der Waals surface area contributed by atoms with Crippen LogP contribution in [0.4, 0.5) is 0 Å². The zero-order chi connectivity index (χ0) is 12.5. The van der Waals surface area contributed by atoms with Crippen LogP contribution in [0.1, 0.15) is 61.3 Å². The highest BCUT2D eigenvalue weighted by molar-refractivity contribution is 5.28. The average molecular weight is 245 g/mol. The fourth-order valence-corrected chi connectivity index (χ4v) is 3.43. The van der Waals surface area contributed by atoms with Crippen molar-refractivity contribution < 1.29 is 0 Å². The van der Waals surface area contributed by atoms with Gasteiger partial charge >= 0.3 is 0 Å². The zero-order valence-electron chi connectivity index (χ0n) is 11.5. The summed E-state index contributed by atoms with van der Waals surface area (Å²) in [5.41, 5.74) is 3.86. The van der Waals surface area contributed by atoms with Crippen molar-refractivity contribution in [1.82, 2.24) is 15.3 Å². The van der Waals surface area contributed by atoms with Crippen molar-refractivity contribution in [1.29, 1.82) is 0 Å². The lowest BCUT2D eigenvalue weighted by Crippen LogP contribution is -2.27. The normalized spacial score (nSPS) is 27.2. The van der Waals surface area contributed by atoms with Gasteiger partial charge in [0.2, 0.25) is 0 Å². The number of hydrogen-bond acceptors (Lipinski definition) is 3. The smallest absolute Gasteiger partial charge is 0.132 e. The first-order valence-electron chi connectivity index (χ1n) is 7.35. The van der Waals surface area contributed by atoms with E-state index in [-0.39, 0.29) is 0 Å². The number of fused-ring (bicyclic) bond motifs is 1. The molecule has 2 atom stereocenters. The van der Waals surface area contributed by atoms with E-state index in [2.05, 4.69) is 19.2 Å². The van der Waals surface area contributed by atoms with E-state index in [0.717, 1.165) is 31.3 Å². The number of nitrogens with one attached hydrogen (secondary N) is 1. The van der Waals surface area contributed by atoms with Crippen molar-refractivity contribution in [3.63, 3.8) is 0 Å². The van der Waals surface area contributed by atoms with Crippen molar-refractivity contribution >= 4 is 0 Å². The summed E-state index contributed by atoms with van der Waals surface area (Å²) >= 11 is 0. The summed E-state index contributed by atoms with van der Waals surface area (Å²) in [7, 11) is 0. The van der Waals surface area contributed by atoms with Crippen molar-refractivity contribution in [2.45, 2.75) is 58.4 Å². The predicted octanol–water partition coefficient (Wildman–Crippen LogP) is 2.72. The Morgan fingerprint density at radius 1 is 1.28 bits per heavy atom. The van der Waals surface area contributed by atoms with Gasteiger partial charge in [0, 0.05) is 18.2 Å². The Kier molecular flexibility index (Phi) is 3.33. The number of aryl methyl sites for hydroxylation is 1. The number of nitrogens with zero attached hydrogens (tertiary/aromatic N) is 2. The maximum Gasteiger partial charge on any atom is 0.132 e. The van der Waals surface area contributed by atoms with Crippen molar-refractivity contribution in [2.75, 3.05) is 6.54 Å². The van der Waals surface area contributed by atoms with Gasteiger partial charge in [-0.1, -0.05) is 13.3 Å². The first-order chi connectivity index (χ1) is 8.78. The van der Waals surface area contributed by atoms with Crippen LogP contribution >= 0.6 is 0 Å². The molecule has 1 saturated carbocycles. The quantitative estimate of drug-likeness (QED) is 0.870. The molecule has 1 fully saturated rings. The molecule has 2 unspecified atom stereocenters. The highest BCUT2D eigenvalue weighted by Crippen LogP contribution is 2.38. The van der Waals surface area contributed by atoms with Gasteiger partial charge in [0.15, 0.2) is 0 Å². The van der Waals surface area contributed by atoms with Crippen LogP contribution in [-0.2, 0) is 13.0 Å². The lowest BCUT2D eigenvalue weighted by molar-refractivity contribution is 0.514. The first kappa shape index (κ1) is 12.1. The Bertz CT molecular complexity index is 442. The molecule has 2 aliphatic rings. The van der Waals surface area contributed by atoms with Crippen LogP contribution in [0.5, 0.6) is 0 Å². The molecule has 0 bridgehead atoms. The van der Waals surface area contributed by atoms with Crippen LogP contribution in [-0.4, -0.2) is 16.5 Å². The molecule has 0 radical (unpaired) electrons. The Labute approximate surface area is 109 Å². The average Bonchev–Trinajstić information content (AvgIpc) is 2.87. The largest absolute Gasteiger partial charge is 0.311 e. The van der Waals surface area contributed by atoms with Crippen LogP contribution in [0.25, 0.3) is 0 Å². The summed E-state index contributed by atoms with van der Waals surface area (Å²) in [6, 6.07) is 0. The van der Waals surface area contributed by atoms with E-state index in [1.54, 1.807) is 0 Å². The molecule has 0 aromatic carbocycles. The van der Waals surface area contributed by atoms with Crippen LogP contribution in [0.15, 0.2) is 0 Å². The molecule has 2 heterocycles. The standard InChI is InChI=1S/C15H23N3/c1-3-11-4-5-12(8-11)15-17-10(2)13-6-7-16-9-14(13)18-15/h11-12,16H,3-9H2,1-2H3. The minimum atomic E-state index is 0.612.